The summed E-state index contributed by atoms with van der Waals surface area (Å²) >= 11 is 3.01. The van der Waals surface area contributed by atoms with Gasteiger partial charge in [-0.05, 0) is 262 Å². The number of hydrogen-bond acceptors (Lipinski definition) is 5. The average molecular weight is 1950 g/mol. The molecule has 22 aromatic carbocycles. The summed E-state index contributed by atoms with van der Waals surface area (Å²) in [5.74, 6) is 0. The molecule has 0 bridgehead atoms. The molecule has 2 heterocycles. The van der Waals surface area contributed by atoms with Gasteiger partial charge in [0.25, 0.3) is 0 Å². The fraction of sp³-hybridized carbons (Fsp3) is 0. The number of fused-ring (bicyclic) bond motifs is 1. The van der Waals surface area contributed by atoms with Crippen molar-refractivity contribution in [2.45, 2.75) is 0 Å². The minimum Gasteiger partial charge on any atom is -0.311 e. The number of anilines is 6. The van der Waals surface area contributed by atoms with Gasteiger partial charge in [0, 0.05) is 34.1 Å². The molecule has 1 aliphatic rings. The second-order valence-corrected chi connectivity index (χ2v) is 38.9. The molecule has 24 rings (SSSR count). The van der Waals surface area contributed by atoms with Crippen molar-refractivity contribution < 1.29 is 0 Å². The Morgan fingerprint density at radius 2 is 0.233 bits per heavy atom. The molecule has 0 unspecified atom stereocenters. The van der Waals surface area contributed by atoms with E-state index in [4.69, 9.17) is 8.73 Å². The number of rotatable bonds is 28. The molecule has 0 aliphatic carbocycles. The van der Waals surface area contributed by atoms with Crippen LogP contribution >= 0.6 is 11.3 Å². The minimum absolute atomic E-state index is 0.890. The molecule has 0 spiro atoms. The van der Waals surface area contributed by atoms with E-state index < -0.39 is 0 Å². The van der Waals surface area contributed by atoms with Crippen LogP contribution in [0.25, 0.3) is 110 Å². The Morgan fingerprint density at radius 3 is 0.367 bits per heavy atom. The Balaban J connectivity index is 0.564. The number of nitrogens with zero attached hydrogens (tertiary/aromatic N) is 4. The summed E-state index contributed by atoms with van der Waals surface area (Å²) in [6, 6.07) is 220. The average Bonchev–Trinajstić information content (AvgIpc) is 1.60. The molecule has 0 N–H and O–H groups in total. The van der Waals surface area contributed by atoms with Gasteiger partial charge >= 0.3 is 0 Å². The third kappa shape index (κ3) is 19.7. The molecule has 1 aliphatic heterocycles. The van der Waals surface area contributed by atoms with Crippen molar-refractivity contribution >= 4 is 113 Å². The zero-order chi connectivity index (χ0) is 100. The summed E-state index contributed by atoms with van der Waals surface area (Å²) in [7, 11) is 0. The molecule has 0 saturated heterocycles. The van der Waals surface area contributed by atoms with E-state index in [1.165, 1.54) is 55.9 Å². The Morgan fingerprint density at radius 1 is 0.120 bits per heavy atom. The maximum absolute atomic E-state index is 5.08. The molecule has 0 atom stereocenters. The van der Waals surface area contributed by atoms with Gasteiger partial charge in [0.2, 0.25) is 0 Å². The van der Waals surface area contributed by atoms with E-state index in [0.717, 1.165) is 200 Å². The van der Waals surface area contributed by atoms with Gasteiger partial charge in [-0.1, -0.05) is 534 Å². The standard InChI is InChI=1S/C144H100N4S2/c1-13-37-109(38-14-1)133(110-39-15-2-16-40-110)137(117-53-29-9-30-54-117)121-69-61-101(62-70-121)105-77-89-127(90-78-105)147(128-91-79-106(80-92-128)102-63-71-122(72-64-102)138(118-55-31-10-32-56-118)134(111-41-17-3-18-42-111)112-43-19-4-20-44-112)131-97-85-125(86-98-131)143-141-142(146-150-145-141)144(149-143)126-87-99-132(100-88-126)148(129-93-81-107(82-94-129)103-65-73-123(74-66-103)139(119-57-33-11-34-58-119)135(113-45-21-5-22-46-113)114-47-23-6-24-48-114)130-95-83-108(84-96-130)104-67-75-124(76-68-104)140(120-59-35-12-36-60-120)136(115-49-25-7-26-50-115)116-51-27-8-28-52-116/h1-100H. The predicted octanol–water partition coefficient (Wildman–Crippen LogP) is 39.4. The first-order valence-electron chi connectivity index (χ1n) is 51.0. The maximum Gasteiger partial charge on any atom is 0.124 e. The smallest absolute Gasteiger partial charge is 0.124 e. The fourth-order valence-electron chi connectivity index (χ4n) is 20.9. The van der Waals surface area contributed by atoms with Crippen LogP contribution in [0.2, 0.25) is 0 Å². The van der Waals surface area contributed by atoms with E-state index in [2.05, 4.69) is 616 Å². The number of benzene rings is 22. The molecule has 4 nitrogen and oxygen atoms in total. The van der Waals surface area contributed by atoms with E-state index in [-0.39, 0.29) is 0 Å². The summed E-state index contributed by atoms with van der Waals surface area (Å²) in [5.41, 5.74) is 46.9. The fourth-order valence-corrected chi connectivity index (χ4v) is 22.8. The van der Waals surface area contributed by atoms with Crippen molar-refractivity contribution in [2.75, 3.05) is 9.80 Å². The first-order chi connectivity index (χ1) is 74.4. The molecular formula is C144H100N4S2. The van der Waals surface area contributed by atoms with Crippen molar-refractivity contribution in [1.82, 2.24) is 0 Å². The zero-order valence-corrected chi connectivity index (χ0v) is 84.0. The molecule has 1 aromatic heterocycles. The second-order valence-electron chi connectivity index (χ2n) is 37.4. The molecule has 0 saturated carbocycles. The van der Waals surface area contributed by atoms with Gasteiger partial charge in [-0.25, -0.2) is 0 Å². The molecular weight excluding hydrogens is 1850 g/mol. The van der Waals surface area contributed by atoms with E-state index in [0.29, 0.717) is 0 Å². The Bertz CT molecular complexity index is 7710. The molecule has 0 fully saturated rings. The van der Waals surface area contributed by atoms with Crippen molar-refractivity contribution in [3.8, 4) is 65.4 Å². The largest absolute Gasteiger partial charge is 0.311 e. The first-order valence-corrected chi connectivity index (χ1v) is 52.5. The van der Waals surface area contributed by atoms with Gasteiger partial charge < -0.3 is 9.80 Å². The lowest BCUT2D eigenvalue weighted by atomic mass is 9.85. The summed E-state index contributed by atoms with van der Waals surface area (Å²) in [5, 5.41) is 0. The van der Waals surface area contributed by atoms with Crippen LogP contribution in [0.1, 0.15) is 89.0 Å². The first kappa shape index (κ1) is 93.3. The van der Waals surface area contributed by atoms with Crippen LogP contribution in [0.5, 0.6) is 0 Å². The highest BCUT2D eigenvalue weighted by molar-refractivity contribution is 7.58. The minimum atomic E-state index is 0.890. The van der Waals surface area contributed by atoms with Crippen LogP contribution in [0, 0.1) is 0 Å². The van der Waals surface area contributed by atoms with Crippen molar-refractivity contribution in [3.05, 3.63) is 696 Å². The second kappa shape index (κ2) is 43.5. The van der Waals surface area contributed by atoms with Gasteiger partial charge in [0.15, 0.2) is 0 Å². The molecule has 6 heteroatoms. The van der Waals surface area contributed by atoms with Crippen LogP contribution < -0.4 is 9.80 Å². The third-order valence-corrected chi connectivity index (χ3v) is 30.0. The van der Waals surface area contributed by atoms with Gasteiger partial charge in [-0.2, -0.15) is 8.73 Å². The maximum atomic E-state index is 5.08. The van der Waals surface area contributed by atoms with Crippen molar-refractivity contribution in [1.29, 1.82) is 0 Å². The summed E-state index contributed by atoms with van der Waals surface area (Å²) in [6.07, 6.45) is 0. The number of hydrogen-bond donors (Lipinski definition) is 0. The Kier molecular flexibility index (Phi) is 27.0. The summed E-state index contributed by atoms with van der Waals surface area (Å²) < 4.78 is 10.2. The summed E-state index contributed by atoms with van der Waals surface area (Å²) in [6.45, 7) is 0. The van der Waals surface area contributed by atoms with E-state index in [9.17, 15) is 0 Å². The monoisotopic (exact) mass is 1950 g/mol. The highest BCUT2D eigenvalue weighted by Crippen LogP contribution is 2.56. The number of thiophene rings is 1. The van der Waals surface area contributed by atoms with Gasteiger partial charge in [0.1, 0.15) is 11.4 Å². The zero-order valence-electron chi connectivity index (χ0n) is 82.3. The van der Waals surface area contributed by atoms with E-state index in [1.807, 2.05) is 0 Å². The van der Waals surface area contributed by atoms with E-state index in [1.54, 1.807) is 11.3 Å². The third-order valence-electron chi connectivity index (χ3n) is 28.2. The summed E-state index contributed by atoms with van der Waals surface area (Å²) in [4.78, 5) is 6.86. The SMILES string of the molecule is c1ccc(C(=C(c2ccccc2)c2ccc(-c3ccc(N(c4ccc(-c5ccc(C(=C(c6ccccc6)c6ccccc6)c6ccccc6)cc5)cc4)c4ccc(-c5sc(-c6ccc(N(c7ccc(-c8ccc(C(=C(c9ccccc9)c9ccccc9)c9ccccc9)cc8)cc7)c7ccc(-c8ccc(C(=C(c9ccccc9)c9ccccc9)c9ccccc9)cc8)cc7)cc6)c6c5N=S=N6)cc4)cc3)cc2)c2ccccc2)cc1. The molecule has 150 heavy (non-hydrogen) atoms. The van der Waals surface area contributed by atoms with Crippen LogP contribution in [0.4, 0.5) is 45.5 Å². The van der Waals surface area contributed by atoms with Gasteiger partial charge in [-0.3, -0.25) is 0 Å². The van der Waals surface area contributed by atoms with E-state index >= 15 is 0 Å². The van der Waals surface area contributed by atoms with Crippen LogP contribution in [0.15, 0.2) is 615 Å². The quantitative estimate of drug-likeness (QED) is 0.0458. The highest BCUT2D eigenvalue weighted by Gasteiger charge is 2.28. The Hall–Kier alpha value is -19.1. The highest BCUT2D eigenvalue weighted by atomic mass is 32.1. The van der Waals surface area contributed by atoms with Gasteiger partial charge in [0.05, 0.1) is 21.1 Å². The topological polar surface area (TPSA) is 31.2 Å². The molecule has 708 valence electrons. The predicted molar refractivity (Wildman–Crippen MR) is 635 cm³/mol. The molecule has 0 amide bonds. The Labute approximate surface area is 885 Å². The lowest BCUT2D eigenvalue weighted by molar-refractivity contribution is 1.28. The molecule has 23 aromatic rings. The normalized spacial score (nSPS) is 11.2. The van der Waals surface area contributed by atoms with Gasteiger partial charge in [-0.15, -0.1) is 11.3 Å². The van der Waals surface area contributed by atoms with Crippen LogP contribution in [0.3, 0.4) is 0 Å². The molecule has 0 radical (unpaired) electrons. The lowest BCUT2D eigenvalue weighted by Crippen LogP contribution is -2.09. The van der Waals surface area contributed by atoms with Crippen molar-refractivity contribution in [2.24, 2.45) is 8.73 Å². The van der Waals surface area contributed by atoms with Crippen LogP contribution in [-0.2, 0) is 11.4 Å². The lowest BCUT2D eigenvalue weighted by Gasteiger charge is -2.26. The van der Waals surface area contributed by atoms with Crippen LogP contribution in [-0.4, -0.2) is 0 Å². The van der Waals surface area contributed by atoms with Crippen molar-refractivity contribution in [3.63, 3.8) is 0 Å².